The predicted octanol–water partition coefficient (Wildman–Crippen LogP) is 2.81. The number of carbonyl (C=O) groups is 1. The van der Waals surface area contributed by atoms with Crippen LogP contribution >= 0.6 is 11.3 Å². The summed E-state index contributed by atoms with van der Waals surface area (Å²) in [6, 6.07) is 6.21. The topological polar surface area (TPSA) is 46.9 Å². The van der Waals surface area contributed by atoms with E-state index in [9.17, 15) is 4.79 Å². The summed E-state index contributed by atoms with van der Waals surface area (Å²) in [6.07, 6.45) is 0.868. The lowest BCUT2D eigenvalue weighted by Gasteiger charge is -2.07. The Morgan fingerprint density at radius 1 is 1.53 bits per heavy atom. The van der Waals surface area contributed by atoms with Crippen LogP contribution in [0, 0.1) is 6.92 Å². The molecule has 102 valence electrons. The van der Waals surface area contributed by atoms with Crippen LogP contribution in [0.15, 0.2) is 23.6 Å². The van der Waals surface area contributed by atoms with Crippen LogP contribution in [0.5, 0.6) is 0 Å². The van der Waals surface area contributed by atoms with Crippen molar-refractivity contribution in [3.8, 4) is 0 Å². The molecule has 2 aromatic heterocycles. The van der Waals surface area contributed by atoms with Gasteiger partial charge in [0, 0.05) is 23.2 Å². The molecule has 2 rings (SSSR count). The summed E-state index contributed by atoms with van der Waals surface area (Å²) in [5, 5.41) is 9.29. The van der Waals surface area contributed by atoms with Gasteiger partial charge in [-0.2, -0.15) is 5.10 Å². The van der Waals surface area contributed by atoms with Crippen molar-refractivity contribution in [2.45, 2.75) is 33.2 Å². The van der Waals surface area contributed by atoms with Gasteiger partial charge in [0.2, 0.25) is 0 Å². The molecule has 2 heterocycles. The molecule has 0 aliphatic rings. The molecule has 5 heteroatoms. The van der Waals surface area contributed by atoms with E-state index in [1.165, 1.54) is 4.88 Å². The minimum absolute atomic E-state index is 0.0981. The Hall–Kier alpha value is -1.62. The van der Waals surface area contributed by atoms with Gasteiger partial charge in [-0.1, -0.05) is 6.07 Å². The van der Waals surface area contributed by atoms with E-state index in [0.717, 1.165) is 12.1 Å². The van der Waals surface area contributed by atoms with E-state index in [1.807, 2.05) is 29.1 Å². The number of amides is 1. The van der Waals surface area contributed by atoms with Crippen molar-refractivity contribution >= 4 is 17.2 Å². The third-order valence-corrected chi connectivity index (χ3v) is 3.82. The number of nitrogens with zero attached hydrogens (tertiary/aromatic N) is 2. The molecule has 0 fully saturated rings. The Bertz CT molecular complexity index is 543. The molecule has 1 N–H and O–H groups in total. The fourth-order valence-corrected chi connectivity index (χ4v) is 2.68. The van der Waals surface area contributed by atoms with E-state index >= 15 is 0 Å². The van der Waals surface area contributed by atoms with Crippen LogP contribution in [0.25, 0.3) is 0 Å². The van der Waals surface area contributed by atoms with E-state index < -0.39 is 0 Å². The summed E-state index contributed by atoms with van der Waals surface area (Å²) in [5.41, 5.74) is 1.51. The lowest BCUT2D eigenvalue weighted by Crippen LogP contribution is -2.26. The Balaban J connectivity index is 1.91. The predicted molar refractivity (Wildman–Crippen MR) is 77.7 cm³/mol. The number of nitrogens with one attached hydrogen (secondary N) is 1. The number of aromatic nitrogens is 2. The summed E-state index contributed by atoms with van der Waals surface area (Å²) in [6.45, 7) is 6.72. The van der Waals surface area contributed by atoms with Gasteiger partial charge in [-0.25, -0.2) is 0 Å². The van der Waals surface area contributed by atoms with Crippen LogP contribution in [0.3, 0.4) is 0 Å². The first-order chi connectivity index (χ1) is 9.08. The first-order valence-corrected chi connectivity index (χ1v) is 7.32. The molecule has 0 aromatic carbocycles. The molecular formula is C14H19N3OS. The van der Waals surface area contributed by atoms with Crippen molar-refractivity contribution in [1.82, 2.24) is 15.1 Å². The molecule has 19 heavy (non-hydrogen) atoms. The largest absolute Gasteiger partial charge is 0.350 e. The Morgan fingerprint density at radius 3 is 2.89 bits per heavy atom. The molecule has 0 unspecified atom stereocenters. The maximum Gasteiger partial charge on any atom is 0.271 e. The average Bonchev–Trinajstić information content (AvgIpc) is 2.98. The smallest absolute Gasteiger partial charge is 0.271 e. The first kappa shape index (κ1) is 13.8. The van der Waals surface area contributed by atoms with Crippen molar-refractivity contribution < 1.29 is 4.79 Å². The van der Waals surface area contributed by atoms with Crippen LogP contribution in [0.2, 0.25) is 0 Å². The standard InChI is InChI=1S/C14H19N3OS/c1-10(2)17-11(3)9-13(16-17)14(18)15-7-6-12-5-4-8-19-12/h4-5,8-10H,6-7H2,1-3H3,(H,15,18). The maximum absolute atomic E-state index is 12.0. The summed E-state index contributed by atoms with van der Waals surface area (Å²) in [7, 11) is 0. The monoisotopic (exact) mass is 277 g/mol. The summed E-state index contributed by atoms with van der Waals surface area (Å²) < 4.78 is 1.87. The summed E-state index contributed by atoms with van der Waals surface area (Å²) in [4.78, 5) is 13.3. The number of aryl methyl sites for hydroxylation is 1. The molecule has 0 bridgehead atoms. The van der Waals surface area contributed by atoms with Crippen LogP contribution in [0.4, 0.5) is 0 Å². The number of hydrogen-bond donors (Lipinski definition) is 1. The Labute approximate surface area is 117 Å². The third-order valence-electron chi connectivity index (χ3n) is 2.88. The Kier molecular flexibility index (Phi) is 4.37. The molecule has 0 radical (unpaired) electrons. The highest BCUT2D eigenvalue weighted by molar-refractivity contribution is 7.09. The highest BCUT2D eigenvalue weighted by Gasteiger charge is 2.13. The maximum atomic E-state index is 12.0. The van der Waals surface area contributed by atoms with Crippen LogP contribution in [-0.4, -0.2) is 22.2 Å². The van der Waals surface area contributed by atoms with Gasteiger partial charge < -0.3 is 5.32 Å². The van der Waals surface area contributed by atoms with Crippen molar-refractivity contribution in [3.05, 3.63) is 39.8 Å². The first-order valence-electron chi connectivity index (χ1n) is 6.44. The number of hydrogen-bond acceptors (Lipinski definition) is 3. The van der Waals surface area contributed by atoms with Crippen molar-refractivity contribution in [2.24, 2.45) is 0 Å². The molecule has 0 spiro atoms. The summed E-state index contributed by atoms with van der Waals surface area (Å²) >= 11 is 1.71. The molecule has 2 aromatic rings. The minimum Gasteiger partial charge on any atom is -0.350 e. The second-order valence-electron chi connectivity index (χ2n) is 4.79. The molecule has 0 atom stereocenters. The van der Waals surface area contributed by atoms with Gasteiger partial charge in [-0.3, -0.25) is 9.48 Å². The van der Waals surface area contributed by atoms with Gasteiger partial charge in [-0.05, 0) is 44.7 Å². The van der Waals surface area contributed by atoms with Gasteiger partial charge in [0.25, 0.3) is 5.91 Å². The molecule has 0 saturated heterocycles. The molecular weight excluding hydrogens is 258 g/mol. The van der Waals surface area contributed by atoms with E-state index in [-0.39, 0.29) is 11.9 Å². The zero-order valence-corrected chi connectivity index (χ0v) is 12.3. The SMILES string of the molecule is Cc1cc(C(=O)NCCc2cccs2)nn1C(C)C. The highest BCUT2D eigenvalue weighted by Crippen LogP contribution is 2.11. The third kappa shape index (κ3) is 3.44. The fourth-order valence-electron chi connectivity index (χ4n) is 1.97. The Morgan fingerprint density at radius 2 is 2.32 bits per heavy atom. The normalized spacial score (nSPS) is 10.9. The minimum atomic E-state index is -0.0981. The van der Waals surface area contributed by atoms with Crippen LogP contribution in [-0.2, 0) is 6.42 Å². The lowest BCUT2D eigenvalue weighted by atomic mass is 10.3. The van der Waals surface area contributed by atoms with Gasteiger partial charge in [-0.15, -0.1) is 11.3 Å². The quantitative estimate of drug-likeness (QED) is 0.913. The van der Waals surface area contributed by atoms with E-state index in [0.29, 0.717) is 12.2 Å². The van der Waals surface area contributed by atoms with Gasteiger partial charge >= 0.3 is 0 Å². The number of rotatable bonds is 5. The van der Waals surface area contributed by atoms with Gasteiger partial charge in [0.1, 0.15) is 5.69 Å². The molecule has 1 amide bonds. The lowest BCUT2D eigenvalue weighted by molar-refractivity contribution is 0.0948. The van der Waals surface area contributed by atoms with Crippen molar-refractivity contribution in [2.75, 3.05) is 6.54 Å². The van der Waals surface area contributed by atoms with Crippen LogP contribution in [0.1, 0.15) is 40.9 Å². The van der Waals surface area contributed by atoms with Crippen molar-refractivity contribution in [3.63, 3.8) is 0 Å². The van der Waals surface area contributed by atoms with E-state index in [4.69, 9.17) is 0 Å². The molecule has 0 aliphatic heterocycles. The average molecular weight is 277 g/mol. The van der Waals surface area contributed by atoms with Gasteiger partial charge in [0.05, 0.1) is 0 Å². The van der Waals surface area contributed by atoms with E-state index in [2.05, 4.69) is 30.3 Å². The number of carbonyl (C=O) groups excluding carboxylic acids is 1. The van der Waals surface area contributed by atoms with Gasteiger partial charge in [0.15, 0.2) is 0 Å². The molecule has 0 aliphatic carbocycles. The zero-order chi connectivity index (χ0) is 13.8. The van der Waals surface area contributed by atoms with E-state index in [1.54, 1.807) is 11.3 Å². The van der Waals surface area contributed by atoms with Crippen LogP contribution < -0.4 is 5.32 Å². The second-order valence-corrected chi connectivity index (χ2v) is 5.83. The van der Waals surface area contributed by atoms with Crippen molar-refractivity contribution in [1.29, 1.82) is 0 Å². The summed E-state index contributed by atoms with van der Waals surface area (Å²) in [5.74, 6) is -0.0981. The highest BCUT2D eigenvalue weighted by atomic mass is 32.1. The zero-order valence-electron chi connectivity index (χ0n) is 11.5. The number of thiophene rings is 1. The second kappa shape index (κ2) is 6.02. The molecule has 4 nitrogen and oxygen atoms in total. The molecule has 0 saturated carbocycles. The fraction of sp³-hybridized carbons (Fsp3) is 0.429.